The minimum absolute atomic E-state index is 0.0107. The van der Waals surface area contributed by atoms with Crippen LogP contribution in [-0.4, -0.2) is 72.3 Å². The monoisotopic (exact) mass is 756 g/mol. The molecular weight excluding hydrogens is 682 g/mol. The molecule has 2 amide bonds. The van der Waals surface area contributed by atoms with Gasteiger partial charge in [0.2, 0.25) is 0 Å². The maximum Gasteiger partial charge on any atom is 0.335 e. The molecule has 0 aromatic carbocycles. The van der Waals surface area contributed by atoms with Gasteiger partial charge in [-0.25, -0.2) is 4.79 Å². The Morgan fingerprint density at radius 3 is 1.25 bits per heavy atom. The van der Waals surface area contributed by atoms with Crippen molar-refractivity contribution < 1.29 is 52.9 Å². The van der Waals surface area contributed by atoms with Crippen molar-refractivity contribution in [2.24, 2.45) is 0 Å². The fraction of sp³-hybridized carbons (Fsp3) is 0.854. The number of imide groups is 1. The molecule has 1 aliphatic heterocycles. The van der Waals surface area contributed by atoms with Crippen molar-refractivity contribution >= 4 is 35.7 Å². The van der Waals surface area contributed by atoms with Gasteiger partial charge in [-0.3, -0.25) is 24.0 Å². The van der Waals surface area contributed by atoms with E-state index in [0.29, 0.717) is 24.3 Å². The van der Waals surface area contributed by atoms with E-state index < -0.39 is 29.7 Å². The number of hydrogen-bond donors (Lipinski definition) is 1. The molecule has 53 heavy (non-hydrogen) atoms. The Balaban J connectivity index is 0.00000141. The van der Waals surface area contributed by atoms with Crippen LogP contribution in [0.1, 0.15) is 200 Å². The first-order valence-electron chi connectivity index (χ1n) is 20.9. The summed E-state index contributed by atoms with van der Waals surface area (Å²) < 4.78 is 15.4. The lowest BCUT2D eigenvalue weighted by atomic mass is 10.1. The molecule has 1 saturated heterocycles. The third kappa shape index (κ3) is 34.5. The lowest BCUT2D eigenvalue weighted by Gasteiger charge is -2.12. The molecule has 0 bridgehead atoms. The molecule has 0 aliphatic carbocycles. The van der Waals surface area contributed by atoms with Crippen LogP contribution in [0.3, 0.4) is 0 Å². The Morgan fingerprint density at radius 2 is 0.830 bits per heavy atom. The second-order valence-corrected chi connectivity index (χ2v) is 13.9. The van der Waals surface area contributed by atoms with Crippen molar-refractivity contribution in [3.63, 3.8) is 0 Å². The highest BCUT2D eigenvalue weighted by Gasteiger charge is 2.32. The van der Waals surface area contributed by atoms with Crippen molar-refractivity contribution in [1.82, 2.24) is 5.06 Å². The van der Waals surface area contributed by atoms with Crippen molar-refractivity contribution in [3.8, 4) is 0 Å². The molecule has 0 atom stereocenters. The fourth-order valence-corrected chi connectivity index (χ4v) is 5.67. The third-order valence-electron chi connectivity index (χ3n) is 8.89. The first-order chi connectivity index (χ1) is 25.7. The van der Waals surface area contributed by atoms with Crippen LogP contribution in [0.4, 0.5) is 0 Å². The summed E-state index contributed by atoms with van der Waals surface area (Å²) in [5.74, 6) is -3.17. The summed E-state index contributed by atoms with van der Waals surface area (Å²) in [4.78, 5) is 72.8. The van der Waals surface area contributed by atoms with Gasteiger partial charge in [0.05, 0.1) is 39.3 Å². The van der Waals surface area contributed by atoms with E-state index in [9.17, 15) is 28.8 Å². The maximum absolute atomic E-state index is 11.8. The Labute approximate surface area is 319 Å². The van der Waals surface area contributed by atoms with Crippen molar-refractivity contribution in [2.45, 2.75) is 200 Å². The van der Waals surface area contributed by atoms with Crippen LogP contribution in [0.5, 0.6) is 0 Å². The van der Waals surface area contributed by atoms with Gasteiger partial charge in [-0.2, -0.15) is 0 Å². The number of unbranched alkanes of at least 4 members (excludes halogenated alkanes) is 20. The highest BCUT2D eigenvalue weighted by atomic mass is 16.7. The van der Waals surface area contributed by atoms with Gasteiger partial charge in [-0.1, -0.05) is 142 Å². The molecule has 0 aromatic rings. The van der Waals surface area contributed by atoms with Crippen molar-refractivity contribution in [1.29, 1.82) is 0 Å². The standard InChI is InChI=1S/C27H45NO9.C14H28O2/c1-2-3-4-5-6-7-8-9-10-11-12-14-25(31)35-19-13-20-36-26(32)17-21-34-22-18-27(33)37-28-23(29)15-16-24(28)30;1-2-3-4-5-6-7-8-9-10-11-12-13-14(15)16/h2-22H2,1H3;2-13H2,1H3,(H,15,16). The van der Waals surface area contributed by atoms with E-state index in [1.165, 1.54) is 109 Å². The number of rotatable bonds is 35. The molecule has 1 rings (SSSR count). The van der Waals surface area contributed by atoms with Gasteiger partial charge in [0.1, 0.15) is 0 Å². The van der Waals surface area contributed by atoms with Gasteiger partial charge >= 0.3 is 23.9 Å². The number of ether oxygens (including phenoxy) is 3. The number of aliphatic carboxylic acids is 1. The summed E-state index contributed by atoms with van der Waals surface area (Å²) in [5, 5.41) is 8.94. The SMILES string of the molecule is CCCCCCCCCCCCCC(=O)O.CCCCCCCCCCCCCC(=O)OCCCOC(=O)CCOCCC(=O)ON1C(=O)CCC1=O. The molecule has 0 saturated carbocycles. The van der Waals surface area contributed by atoms with Gasteiger partial charge in [-0.05, 0) is 12.8 Å². The zero-order chi connectivity index (χ0) is 39.2. The number of carboxylic acid groups (broad SMARTS) is 1. The molecule has 308 valence electrons. The lowest BCUT2D eigenvalue weighted by molar-refractivity contribution is -0.198. The Kier molecular flexibility index (Phi) is 35.2. The second kappa shape index (κ2) is 37.3. The molecule has 1 fully saturated rings. The van der Waals surface area contributed by atoms with Gasteiger partial charge < -0.3 is 24.2 Å². The number of hydroxylamine groups is 2. The van der Waals surface area contributed by atoms with Crippen LogP contribution in [0.2, 0.25) is 0 Å². The van der Waals surface area contributed by atoms with E-state index >= 15 is 0 Å². The predicted octanol–water partition coefficient (Wildman–Crippen LogP) is 9.34. The molecule has 0 unspecified atom stereocenters. The van der Waals surface area contributed by atoms with Crippen LogP contribution in [0, 0.1) is 0 Å². The number of amides is 2. The lowest BCUT2D eigenvalue weighted by Crippen LogP contribution is -2.32. The Hall–Kier alpha value is -3.02. The molecule has 0 aromatic heterocycles. The molecular formula is C41H73NO11. The zero-order valence-corrected chi connectivity index (χ0v) is 33.3. The summed E-state index contributed by atoms with van der Waals surface area (Å²) in [5.41, 5.74) is 0. The van der Waals surface area contributed by atoms with E-state index in [-0.39, 0.29) is 58.1 Å². The van der Waals surface area contributed by atoms with E-state index in [1.807, 2.05) is 0 Å². The van der Waals surface area contributed by atoms with E-state index in [2.05, 4.69) is 13.8 Å². The van der Waals surface area contributed by atoms with E-state index in [0.717, 1.165) is 32.1 Å². The molecule has 12 nitrogen and oxygen atoms in total. The molecule has 0 radical (unpaired) electrons. The molecule has 12 heteroatoms. The number of carbonyl (C=O) groups excluding carboxylic acids is 5. The van der Waals surface area contributed by atoms with Gasteiger partial charge in [0, 0.05) is 32.1 Å². The summed E-state index contributed by atoms with van der Waals surface area (Å²) in [6.45, 7) is 4.88. The Morgan fingerprint density at radius 1 is 0.472 bits per heavy atom. The van der Waals surface area contributed by atoms with Crippen LogP contribution in [-0.2, 0) is 47.8 Å². The number of esters is 2. The fourth-order valence-electron chi connectivity index (χ4n) is 5.67. The van der Waals surface area contributed by atoms with Gasteiger partial charge in [-0.15, -0.1) is 5.06 Å². The van der Waals surface area contributed by atoms with Gasteiger partial charge in [0.25, 0.3) is 11.8 Å². The normalized spacial score (nSPS) is 12.4. The average molecular weight is 756 g/mol. The maximum atomic E-state index is 11.8. The third-order valence-corrected chi connectivity index (χ3v) is 8.89. The van der Waals surface area contributed by atoms with Gasteiger partial charge in [0.15, 0.2) is 0 Å². The van der Waals surface area contributed by atoms with Crippen molar-refractivity contribution in [2.75, 3.05) is 26.4 Å². The molecule has 0 spiro atoms. The zero-order valence-electron chi connectivity index (χ0n) is 33.3. The van der Waals surface area contributed by atoms with E-state index in [4.69, 9.17) is 24.2 Å². The average Bonchev–Trinajstić information content (AvgIpc) is 3.44. The van der Waals surface area contributed by atoms with Crippen LogP contribution < -0.4 is 0 Å². The summed E-state index contributed by atoms with van der Waals surface area (Å²) in [6.07, 6.45) is 28.7. The molecule has 1 heterocycles. The first kappa shape index (κ1) is 50.0. The minimum Gasteiger partial charge on any atom is -0.481 e. The topological polar surface area (TPSA) is 163 Å². The smallest absolute Gasteiger partial charge is 0.335 e. The summed E-state index contributed by atoms with van der Waals surface area (Å²) >= 11 is 0. The molecule has 1 aliphatic rings. The van der Waals surface area contributed by atoms with Crippen molar-refractivity contribution in [3.05, 3.63) is 0 Å². The second-order valence-electron chi connectivity index (χ2n) is 13.9. The number of carbonyl (C=O) groups is 6. The highest BCUT2D eigenvalue weighted by Crippen LogP contribution is 2.14. The summed E-state index contributed by atoms with van der Waals surface area (Å²) in [7, 11) is 0. The van der Waals surface area contributed by atoms with E-state index in [1.54, 1.807) is 0 Å². The number of hydrogen-bond acceptors (Lipinski definition) is 10. The molecule has 1 N–H and O–H groups in total. The quantitative estimate of drug-likeness (QED) is 0.0372. The Bertz CT molecular complexity index is 956. The van der Waals surface area contributed by atoms with Crippen LogP contribution in [0.15, 0.2) is 0 Å². The highest BCUT2D eigenvalue weighted by molar-refractivity contribution is 6.01. The number of nitrogens with zero attached hydrogens (tertiary/aromatic N) is 1. The number of carboxylic acids is 1. The minimum atomic E-state index is -0.760. The summed E-state index contributed by atoms with van der Waals surface area (Å²) in [6, 6.07) is 0. The van der Waals surface area contributed by atoms with Crippen LogP contribution >= 0.6 is 0 Å². The van der Waals surface area contributed by atoms with Crippen LogP contribution in [0.25, 0.3) is 0 Å². The first-order valence-corrected chi connectivity index (χ1v) is 20.9. The largest absolute Gasteiger partial charge is 0.481 e. The predicted molar refractivity (Wildman–Crippen MR) is 204 cm³/mol.